The van der Waals surface area contributed by atoms with Gasteiger partial charge in [0.15, 0.2) is 11.6 Å². The third-order valence-corrected chi connectivity index (χ3v) is 4.40. The normalized spacial score (nSPS) is 11.4. The van der Waals surface area contributed by atoms with Gasteiger partial charge in [0.2, 0.25) is 9.74 Å². The van der Waals surface area contributed by atoms with E-state index in [0.717, 1.165) is 12.0 Å². The highest BCUT2D eigenvalue weighted by Gasteiger charge is 2.28. The minimum Gasteiger partial charge on any atom is -0.354 e. The smallest absolute Gasteiger partial charge is 0.250 e. The lowest BCUT2D eigenvalue weighted by Crippen LogP contribution is -2.15. The fourth-order valence-corrected chi connectivity index (χ4v) is 3.04. The van der Waals surface area contributed by atoms with Gasteiger partial charge < -0.3 is 5.32 Å². The molecule has 2 aromatic heterocycles. The summed E-state index contributed by atoms with van der Waals surface area (Å²) in [5.41, 5.74) is 1.71. The van der Waals surface area contributed by atoms with Crippen LogP contribution in [0.5, 0.6) is 0 Å². The van der Waals surface area contributed by atoms with Crippen molar-refractivity contribution in [3.63, 3.8) is 0 Å². The van der Waals surface area contributed by atoms with Gasteiger partial charge in [0.05, 0.1) is 0 Å². The second kappa shape index (κ2) is 8.76. The predicted octanol–water partition coefficient (Wildman–Crippen LogP) is 5.72. The number of rotatable bonds is 5. The van der Waals surface area contributed by atoms with Crippen molar-refractivity contribution in [3.8, 4) is 11.4 Å². The molecule has 0 atom stereocenters. The van der Waals surface area contributed by atoms with Gasteiger partial charge in [0.1, 0.15) is 0 Å². The molecule has 0 aliphatic heterocycles. The maximum Gasteiger partial charge on any atom is 0.250 e. The van der Waals surface area contributed by atoms with E-state index in [9.17, 15) is 0 Å². The van der Waals surface area contributed by atoms with Crippen molar-refractivity contribution in [1.82, 2.24) is 19.9 Å². The number of anilines is 1. The maximum atomic E-state index is 6.07. The molecule has 0 aliphatic carbocycles. The number of hydrogen-bond donors (Lipinski definition) is 1. The van der Waals surface area contributed by atoms with Crippen molar-refractivity contribution in [3.05, 3.63) is 64.2 Å². The van der Waals surface area contributed by atoms with Gasteiger partial charge in [-0.2, -0.15) is 9.97 Å². The Balaban J connectivity index is 1.89. The largest absolute Gasteiger partial charge is 0.354 e. The topological polar surface area (TPSA) is 63.6 Å². The average Bonchev–Trinajstić information content (AvgIpc) is 2.61. The number of halogens is 5. The highest BCUT2D eigenvalue weighted by atomic mass is 35.6. The van der Waals surface area contributed by atoms with E-state index in [-0.39, 0.29) is 11.8 Å². The van der Waals surface area contributed by atoms with Crippen LogP contribution in [0.2, 0.25) is 10.0 Å². The summed E-state index contributed by atoms with van der Waals surface area (Å²) in [5.74, 6) is 0.577. The van der Waals surface area contributed by atoms with Crippen LogP contribution in [-0.2, 0) is 10.2 Å². The Kier molecular flexibility index (Phi) is 6.61. The Morgan fingerprint density at radius 1 is 0.889 bits per heavy atom. The van der Waals surface area contributed by atoms with Gasteiger partial charge in [0, 0.05) is 34.5 Å². The van der Waals surface area contributed by atoms with Crippen LogP contribution in [0.4, 0.5) is 5.95 Å². The van der Waals surface area contributed by atoms with Crippen LogP contribution < -0.4 is 5.32 Å². The van der Waals surface area contributed by atoms with E-state index in [1.54, 1.807) is 30.6 Å². The molecule has 0 bridgehead atoms. The molecule has 0 fully saturated rings. The predicted molar refractivity (Wildman–Crippen MR) is 111 cm³/mol. The van der Waals surface area contributed by atoms with Crippen LogP contribution in [0.15, 0.2) is 42.7 Å². The second-order valence-corrected chi connectivity index (χ2v) is 8.65. The Hall–Kier alpha value is -1.37. The summed E-state index contributed by atoms with van der Waals surface area (Å²) in [6.45, 7) is 0.572. The summed E-state index contributed by atoms with van der Waals surface area (Å²) in [4.78, 5) is 16.8. The summed E-state index contributed by atoms with van der Waals surface area (Å²) in [7, 11) is 0. The number of benzene rings is 1. The minimum atomic E-state index is -1.80. The molecular weight excluding hydrogens is 451 g/mol. The molecule has 0 aliphatic rings. The standard InChI is InChI=1S/C17H12Cl5N5/c18-12-7-11(8-13(19)9-12)14-25-15(17(20,21)22)27-16(26-14)24-6-3-10-1-4-23-5-2-10/h1-2,4-5,7-9H,3,6H2,(H,24,25,26,27). The molecule has 0 radical (unpaired) electrons. The zero-order chi connectivity index (χ0) is 19.4. The van der Waals surface area contributed by atoms with Crippen molar-refractivity contribution in [2.45, 2.75) is 10.2 Å². The quantitative estimate of drug-likeness (QED) is 0.490. The summed E-state index contributed by atoms with van der Waals surface area (Å²) < 4.78 is -1.80. The Morgan fingerprint density at radius 2 is 1.56 bits per heavy atom. The summed E-state index contributed by atoms with van der Waals surface area (Å²) >= 11 is 30.1. The zero-order valence-corrected chi connectivity index (χ0v) is 17.4. The van der Waals surface area contributed by atoms with Gasteiger partial charge >= 0.3 is 0 Å². The molecular formula is C17H12Cl5N5. The van der Waals surface area contributed by atoms with Gasteiger partial charge in [-0.25, -0.2) is 4.98 Å². The van der Waals surface area contributed by atoms with Crippen molar-refractivity contribution in [2.24, 2.45) is 0 Å². The Labute approximate surface area is 181 Å². The van der Waals surface area contributed by atoms with E-state index in [1.165, 1.54) is 0 Å². The average molecular weight is 464 g/mol. The lowest BCUT2D eigenvalue weighted by atomic mass is 10.2. The molecule has 2 heterocycles. The molecule has 10 heteroatoms. The van der Waals surface area contributed by atoms with Gasteiger partial charge in [-0.05, 0) is 42.3 Å². The van der Waals surface area contributed by atoms with Gasteiger partial charge in [-0.1, -0.05) is 58.0 Å². The van der Waals surface area contributed by atoms with Gasteiger partial charge in [-0.3, -0.25) is 4.98 Å². The van der Waals surface area contributed by atoms with Crippen molar-refractivity contribution >= 4 is 64.0 Å². The van der Waals surface area contributed by atoms with Gasteiger partial charge in [0.25, 0.3) is 0 Å². The molecule has 1 aromatic carbocycles. The van der Waals surface area contributed by atoms with Crippen molar-refractivity contribution in [2.75, 3.05) is 11.9 Å². The molecule has 0 saturated heterocycles. The zero-order valence-electron chi connectivity index (χ0n) is 13.6. The molecule has 3 aromatic rings. The number of nitrogens with zero attached hydrogens (tertiary/aromatic N) is 4. The van der Waals surface area contributed by atoms with Crippen LogP contribution in [0.3, 0.4) is 0 Å². The van der Waals surface area contributed by atoms with E-state index in [1.807, 2.05) is 12.1 Å². The first-order chi connectivity index (χ1) is 12.8. The first-order valence-corrected chi connectivity index (χ1v) is 9.63. The lowest BCUT2D eigenvalue weighted by Gasteiger charge is -2.13. The number of aromatic nitrogens is 4. The Morgan fingerprint density at radius 3 is 2.19 bits per heavy atom. The molecule has 3 rings (SSSR count). The molecule has 1 N–H and O–H groups in total. The molecule has 0 spiro atoms. The molecule has 5 nitrogen and oxygen atoms in total. The fraction of sp³-hybridized carbons (Fsp3) is 0.176. The molecule has 0 amide bonds. The summed E-state index contributed by atoms with van der Waals surface area (Å²) in [6.07, 6.45) is 4.22. The van der Waals surface area contributed by atoms with Gasteiger partial charge in [-0.15, -0.1) is 0 Å². The first kappa shape index (κ1) is 20.4. The molecule has 0 saturated carbocycles. The number of alkyl halides is 3. The fourth-order valence-electron chi connectivity index (χ4n) is 2.26. The van der Waals surface area contributed by atoms with Crippen LogP contribution in [-0.4, -0.2) is 26.5 Å². The minimum absolute atomic E-state index is 0.00000840. The maximum absolute atomic E-state index is 6.07. The number of nitrogens with one attached hydrogen (secondary N) is 1. The van der Waals surface area contributed by atoms with Crippen molar-refractivity contribution in [1.29, 1.82) is 0 Å². The molecule has 27 heavy (non-hydrogen) atoms. The lowest BCUT2D eigenvalue weighted by molar-refractivity contribution is 0.903. The SMILES string of the molecule is Clc1cc(Cl)cc(-c2nc(NCCc3ccncc3)nc(C(Cl)(Cl)Cl)n2)c1. The van der Waals surface area contributed by atoms with Crippen LogP contribution >= 0.6 is 58.0 Å². The van der Waals surface area contributed by atoms with E-state index >= 15 is 0 Å². The number of pyridine rings is 1. The van der Waals surface area contributed by atoms with E-state index in [0.29, 0.717) is 28.0 Å². The highest BCUT2D eigenvalue weighted by molar-refractivity contribution is 6.66. The third-order valence-electron chi connectivity index (χ3n) is 3.46. The van der Waals surface area contributed by atoms with E-state index in [2.05, 4.69) is 25.3 Å². The third kappa shape index (κ3) is 5.80. The summed E-state index contributed by atoms with van der Waals surface area (Å²) in [5, 5.41) is 4.01. The van der Waals surface area contributed by atoms with E-state index < -0.39 is 3.79 Å². The van der Waals surface area contributed by atoms with Crippen LogP contribution in [0.25, 0.3) is 11.4 Å². The summed E-state index contributed by atoms with van der Waals surface area (Å²) in [6, 6.07) is 8.82. The van der Waals surface area contributed by atoms with E-state index in [4.69, 9.17) is 58.0 Å². The monoisotopic (exact) mass is 461 g/mol. The molecule has 0 unspecified atom stereocenters. The molecule has 140 valence electrons. The first-order valence-electron chi connectivity index (χ1n) is 7.74. The van der Waals surface area contributed by atoms with Crippen LogP contribution in [0, 0.1) is 0 Å². The van der Waals surface area contributed by atoms with Crippen molar-refractivity contribution < 1.29 is 0 Å². The highest BCUT2D eigenvalue weighted by Crippen LogP contribution is 2.37. The number of hydrogen-bond acceptors (Lipinski definition) is 5. The second-order valence-electron chi connectivity index (χ2n) is 5.49. The van der Waals surface area contributed by atoms with Crippen LogP contribution in [0.1, 0.15) is 11.4 Å². The Bertz CT molecular complexity index is 910.